The molecule has 0 unspecified atom stereocenters. The second-order valence-corrected chi connectivity index (χ2v) is 7.96. The van der Waals surface area contributed by atoms with Gasteiger partial charge in [0.25, 0.3) is 0 Å². The minimum Gasteiger partial charge on any atom is -0.0654 e. The van der Waals surface area contributed by atoms with Crippen molar-refractivity contribution in [3.8, 4) is 0 Å². The molecule has 0 spiro atoms. The molecule has 0 aliphatic heterocycles. The lowest BCUT2D eigenvalue weighted by atomic mass is 9.70. The first-order valence-corrected chi connectivity index (χ1v) is 7.93. The van der Waals surface area contributed by atoms with Gasteiger partial charge in [0.15, 0.2) is 0 Å². The Morgan fingerprint density at radius 2 is 1.27 bits per heavy atom. The predicted molar refractivity (Wildman–Crippen MR) is 75.8 cm³/mol. The summed E-state index contributed by atoms with van der Waals surface area (Å²) in [7, 11) is 1.36. The van der Waals surface area contributed by atoms with Gasteiger partial charge < -0.3 is 0 Å². The molecule has 0 aliphatic rings. The minimum absolute atomic E-state index is 0.571. The van der Waals surface area contributed by atoms with Gasteiger partial charge in [0, 0.05) is 10.2 Å². The van der Waals surface area contributed by atoms with E-state index in [0.717, 1.165) is 0 Å². The molecule has 0 saturated heterocycles. The molecule has 0 atom stereocenters. The van der Waals surface area contributed by atoms with Crippen molar-refractivity contribution in [1.82, 2.24) is 0 Å². The zero-order valence-electron chi connectivity index (χ0n) is 11.9. The van der Waals surface area contributed by atoms with E-state index in [2.05, 4.69) is 34.6 Å². The Kier molecular flexibility index (Phi) is 6.82. The SMILES string of the molecule is CCCCC(C)(C)C([SiH3])(CCC)CCC. The maximum atomic E-state index is 2.51. The van der Waals surface area contributed by atoms with Gasteiger partial charge >= 0.3 is 0 Å². The fourth-order valence-electron chi connectivity index (χ4n) is 2.83. The van der Waals surface area contributed by atoms with Crippen molar-refractivity contribution >= 4 is 10.2 Å². The van der Waals surface area contributed by atoms with Crippen LogP contribution in [0, 0.1) is 5.41 Å². The van der Waals surface area contributed by atoms with Crippen LogP contribution in [0.5, 0.6) is 0 Å². The average Bonchev–Trinajstić information content (AvgIpc) is 2.15. The monoisotopic (exact) mass is 228 g/mol. The van der Waals surface area contributed by atoms with Crippen molar-refractivity contribution in [2.75, 3.05) is 0 Å². The van der Waals surface area contributed by atoms with E-state index in [-0.39, 0.29) is 0 Å². The Balaban J connectivity index is 4.55. The Morgan fingerprint density at radius 3 is 1.60 bits per heavy atom. The van der Waals surface area contributed by atoms with Gasteiger partial charge in [-0.15, -0.1) is 0 Å². The van der Waals surface area contributed by atoms with Crippen LogP contribution in [0.4, 0.5) is 0 Å². The Bertz CT molecular complexity index is 155. The maximum absolute atomic E-state index is 2.51. The topological polar surface area (TPSA) is 0 Å². The molecule has 0 radical (unpaired) electrons. The highest BCUT2D eigenvalue weighted by atomic mass is 28.1. The first kappa shape index (κ1) is 15.2. The van der Waals surface area contributed by atoms with Gasteiger partial charge in [-0.05, 0) is 16.9 Å². The van der Waals surface area contributed by atoms with Crippen LogP contribution >= 0.6 is 0 Å². The normalized spacial score (nSPS) is 13.4. The molecule has 15 heavy (non-hydrogen) atoms. The molecule has 0 heterocycles. The standard InChI is InChI=1S/C14H32Si/c1-6-9-12-13(4,5)14(15,10-7-2)11-8-3/h6-12H2,1-5,15H3. The fraction of sp³-hybridized carbons (Fsp3) is 1.00. The van der Waals surface area contributed by atoms with Gasteiger partial charge in [0.2, 0.25) is 0 Å². The second kappa shape index (κ2) is 6.73. The van der Waals surface area contributed by atoms with E-state index in [1.807, 2.05) is 0 Å². The summed E-state index contributed by atoms with van der Waals surface area (Å²) in [6.07, 6.45) is 9.79. The van der Waals surface area contributed by atoms with E-state index in [1.165, 1.54) is 55.2 Å². The lowest BCUT2D eigenvalue weighted by molar-refractivity contribution is 0.183. The predicted octanol–water partition coefficient (Wildman–Crippen LogP) is 4.33. The van der Waals surface area contributed by atoms with Crippen molar-refractivity contribution < 1.29 is 0 Å². The van der Waals surface area contributed by atoms with E-state index < -0.39 is 0 Å². The molecule has 0 rings (SSSR count). The average molecular weight is 228 g/mol. The molecule has 0 nitrogen and oxygen atoms in total. The lowest BCUT2D eigenvalue weighted by Gasteiger charge is -2.45. The summed E-state index contributed by atoms with van der Waals surface area (Å²) in [5.74, 6) is 0. The van der Waals surface area contributed by atoms with Gasteiger partial charge in [0.05, 0.1) is 0 Å². The highest BCUT2D eigenvalue weighted by Gasteiger charge is 2.38. The number of unbranched alkanes of at least 4 members (excludes halogenated alkanes) is 1. The zero-order chi connectivity index (χ0) is 11.9. The molecule has 1 heteroatoms. The smallest absolute Gasteiger partial charge is 0.0113 e. The molecule has 0 aliphatic carbocycles. The lowest BCUT2D eigenvalue weighted by Crippen LogP contribution is -2.32. The largest absolute Gasteiger partial charge is 0.0654 e. The van der Waals surface area contributed by atoms with Gasteiger partial charge in [-0.25, -0.2) is 0 Å². The van der Waals surface area contributed by atoms with E-state index in [4.69, 9.17) is 0 Å². The maximum Gasteiger partial charge on any atom is 0.0113 e. The molecule has 0 aromatic rings. The quantitative estimate of drug-likeness (QED) is 0.543. The van der Waals surface area contributed by atoms with Crippen LogP contribution in [0.1, 0.15) is 79.6 Å². The molecule has 0 saturated carbocycles. The van der Waals surface area contributed by atoms with E-state index in [9.17, 15) is 0 Å². The van der Waals surface area contributed by atoms with Crippen molar-refractivity contribution in [3.63, 3.8) is 0 Å². The van der Waals surface area contributed by atoms with Crippen LogP contribution in [-0.4, -0.2) is 10.2 Å². The molecular weight excluding hydrogens is 196 g/mol. The molecule has 0 aromatic carbocycles. The highest BCUT2D eigenvalue weighted by molar-refractivity contribution is 6.15. The van der Waals surface area contributed by atoms with Crippen molar-refractivity contribution in [2.24, 2.45) is 5.41 Å². The van der Waals surface area contributed by atoms with Crippen molar-refractivity contribution in [2.45, 2.75) is 84.6 Å². The van der Waals surface area contributed by atoms with Crippen LogP contribution in [0.25, 0.3) is 0 Å². The molecule has 0 amide bonds. The van der Waals surface area contributed by atoms with E-state index in [1.54, 1.807) is 0 Å². The third-order valence-corrected chi connectivity index (χ3v) is 6.75. The summed E-state index contributed by atoms with van der Waals surface area (Å²) < 4.78 is 0. The first-order valence-electron chi connectivity index (χ1n) is 6.93. The third kappa shape index (κ3) is 4.30. The Morgan fingerprint density at radius 1 is 0.800 bits per heavy atom. The molecular formula is C14H32Si. The van der Waals surface area contributed by atoms with Gasteiger partial charge in [-0.3, -0.25) is 0 Å². The Labute approximate surface area is 101 Å². The highest BCUT2D eigenvalue weighted by Crippen LogP contribution is 2.52. The third-order valence-electron chi connectivity index (χ3n) is 4.39. The fourth-order valence-corrected chi connectivity index (χ4v) is 4.08. The van der Waals surface area contributed by atoms with Gasteiger partial charge in [0.1, 0.15) is 0 Å². The van der Waals surface area contributed by atoms with Gasteiger partial charge in [-0.1, -0.05) is 73.1 Å². The van der Waals surface area contributed by atoms with Crippen LogP contribution in [-0.2, 0) is 0 Å². The summed E-state index contributed by atoms with van der Waals surface area (Å²) in [6.45, 7) is 12.0. The van der Waals surface area contributed by atoms with Crippen LogP contribution < -0.4 is 0 Å². The minimum atomic E-state index is 0.571. The molecule has 0 N–H and O–H groups in total. The summed E-state index contributed by atoms with van der Waals surface area (Å²) in [4.78, 5) is 0. The zero-order valence-corrected chi connectivity index (χ0v) is 13.9. The van der Waals surface area contributed by atoms with Crippen LogP contribution in [0.15, 0.2) is 0 Å². The molecule has 92 valence electrons. The summed E-state index contributed by atoms with van der Waals surface area (Å²) in [5.41, 5.74) is 0.571. The van der Waals surface area contributed by atoms with E-state index >= 15 is 0 Å². The second-order valence-electron chi connectivity index (χ2n) is 6.05. The van der Waals surface area contributed by atoms with Gasteiger partial charge in [-0.2, -0.15) is 0 Å². The number of hydrogen-bond acceptors (Lipinski definition) is 0. The van der Waals surface area contributed by atoms with Crippen LogP contribution in [0.2, 0.25) is 5.04 Å². The van der Waals surface area contributed by atoms with Crippen molar-refractivity contribution in [3.05, 3.63) is 0 Å². The summed E-state index contributed by atoms with van der Waals surface area (Å²) in [6, 6.07) is 0. The molecule has 0 bridgehead atoms. The number of hydrogen-bond donors (Lipinski definition) is 0. The summed E-state index contributed by atoms with van der Waals surface area (Å²) >= 11 is 0. The van der Waals surface area contributed by atoms with Crippen LogP contribution in [0.3, 0.4) is 0 Å². The summed E-state index contributed by atoms with van der Waals surface area (Å²) in [5, 5.41) is 0.686. The number of rotatable bonds is 8. The van der Waals surface area contributed by atoms with E-state index in [0.29, 0.717) is 10.5 Å². The molecule has 0 aromatic heterocycles. The molecule has 0 fully saturated rings. The van der Waals surface area contributed by atoms with Crippen molar-refractivity contribution in [1.29, 1.82) is 0 Å². The first-order chi connectivity index (χ1) is 6.93. The Hall–Kier alpha value is 0.217.